The molecule has 0 heterocycles. The lowest BCUT2D eigenvalue weighted by atomic mass is 10.1. The number of hydrogen-bond acceptors (Lipinski definition) is 1. The largest absolute Gasteiger partial charge is 0.396 e. The molecule has 0 rings (SSSR count). The molecule has 0 bridgehead atoms. The Bertz CT molecular complexity index is 135. The van der Waals surface area contributed by atoms with E-state index in [4.69, 9.17) is 5.11 Å². The number of aliphatic hydroxyl groups excluding tert-OH is 1. The minimum absolute atomic E-state index is 0.320. The summed E-state index contributed by atoms with van der Waals surface area (Å²) in [6, 6.07) is 1.23. The van der Waals surface area contributed by atoms with Gasteiger partial charge in [0.2, 0.25) is 0 Å². The van der Waals surface area contributed by atoms with Crippen molar-refractivity contribution in [3.63, 3.8) is 0 Å². The molecule has 0 fully saturated rings. The number of hydrogen-bond donors (Lipinski definition) is 1. The lowest BCUT2D eigenvalue weighted by Gasteiger charge is -2.17. The second kappa shape index (κ2) is 5.54. The van der Waals surface area contributed by atoms with E-state index in [1.165, 1.54) is 11.6 Å². The van der Waals surface area contributed by atoms with Gasteiger partial charge in [0.15, 0.2) is 0 Å². The zero-order valence-corrected chi connectivity index (χ0v) is 9.69. The topological polar surface area (TPSA) is 20.2 Å². The Labute approximate surface area is 77.5 Å². The van der Waals surface area contributed by atoms with Gasteiger partial charge in [-0.3, -0.25) is 0 Å². The first-order valence-corrected chi connectivity index (χ1v) is 8.44. The van der Waals surface area contributed by atoms with Crippen LogP contribution in [0.5, 0.6) is 0 Å². The fourth-order valence-corrected chi connectivity index (χ4v) is 3.00. The third kappa shape index (κ3) is 8.02. The fourth-order valence-electron chi connectivity index (χ4n) is 1.33. The molecule has 12 heavy (non-hydrogen) atoms. The van der Waals surface area contributed by atoms with Gasteiger partial charge >= 0.3 is 0 Å². The molecule has 2 heteroatoms. The summed E-state index contributed by atoms with van der Waals surface area (Å²) in [7, 11) is -0.943. The van der Waals surface area contributed by atoms with Crippen molar-refractivity contribution in [2.45, 2.75) is 44.9 Å². The number of aliphatic hydroxyl groups is 1. The summed E-state index contributed by atoms with van der Waals surface area (Å²) < 4.78 is 0. The highest BCUT2D eigenvalue weighted by molar-refractivity contribution is 6.76. The van der Waals surface area contributed by atoms with Crippen molar-refractivity contribution < 1.29 is 5.11 Å². The number of unbranched alkanes of at least 4 members (excludes halogenated alkanes) is 1. The molecule has 0 radical (unpaired) electrons. The zero-order valence-electron chi connectivity index (χ0n) is 8.69. The Kier molecular flexibility index (Phi) is 5.50. The Morgan fingerprint density at radius 2 is 1.83 bits per heavy atom. The van der Waals surface area contributed by atoms with Gasteiger partial charge in [-0.2, -0.15) is 0 Å². The van der Waals surface area contributed by atoms with Crippen LogP contribution in [-0.4, -0.2) is 19.8 Å². The lowest BCUT2D eigenvalue weighted by molar-refractivity contribution is 0.284. The van der Waals surface area contributed by atoms with Crippen molar-refractivity contribution in [1.82, 2.24) is 0 Å². The molecule has 72 valence electrons. The van der Waals surface area contributed by atoms with Crippen molar-refractivity contribution in [1.29, 1.82) is 0 Å². The van der Waals surface area contributed by atoms with Crippen LogP contribution in [0.1, 0.15) is 19.3 Å². The summed E-state index contributed by atoms with van der Waals surface area (Å²) >= 11 is 0. The highest BCUT2D eigenvalue weighted by atomic mass is 28.3. The van der Waals surface area contributed by atoms with E-state index in [1.54, 1.807) is 0 Å². The van der Waals surface area contributed by atoms with Crippen LogP contribution >= 0.6 is 0 Å². The maximum Gasteiger partial charge on any atom is 0.0483 e. The predicted molar refractivity (Wildman–Crippen MR) is 58.2 cm³/mol. The van der Waals surface area contributed by atoms with Gasteiger partial charge in [-0.15, -0.1) is 6.58 Å². The average Bonchev–Trinajstić information content (AvgIpc) is 1.84. The van der Waals surface area contributed by atoms with Crippen LogP contribution in [0.3, 0.4) is 0 Å². The highest BCUT2D eigenvalue weighted by Gasteiger charge is 2.13. The smallest absolute Gasteiger partial charge is 0.0483 e. The Morgan fingerprint density at radius 3 is 2.25 bits per heavy atom. The van der Waals surface area contributed by atoms with Gasteiger partial charge in [-0.25, -0.2) is 0 Å². The number of allylic oxidation sites excluding steroid dienone is 1. The number of rotatable bonds is 6. The summed E-state index contributed by atoms with van der Waals surface area (Å²) in [5.74, 6) is 0. The zero-order chi connectivity index (χ0) is 9.61. The summed E-state index contributed by atoms with van der Waals surface area (Å²) in [5.41, 5.74) is 1.38. The van der Waals surface area contributed by atoms with E-state index in [9.17, 15) is 0 Å². The second-order valence-corrected chi connectivity index (χ2v) is 10.1. The van der Waals surface area contributed by atoms with E-state index in [0.717, 1.165) is 19.3 Å². The lowest BCUT2D eigenvalue weighted by Crippen LogP contribution is -2.19. The van der Waals surface area contributed by atoms with Crippen LogP contribution in [-0.2, 0) is 0 Å². The first-order chi connectivity index (χ1) is 5.45. The molecule has 1 nitrogen and oxygen atoms in total. The molecule has 0 aliphatic rings. The fraction of sp³-hybridized carbons (Fsp3) is 0.800. The van der Waals surface area contributed by atoms with Crippen molar-refractivity contribution in [3.05, 3.63) is 12.2 Å². The van der Waals surface area contributed by atoms with Crippen molar-refractivity contribution in [2.24, 2.45) is 0 Å². The summed E-state index contributed by atoms with van der Waals surface area (Å²) in [5, 5.41) is 8.59. The van der Waals surface area contributed by atoms with Gasteiger partial charge < -0.3 is 5.11 Å². The van der Waals surface area contributed by atoms with Crippen LogP contribution < -0.4 is 0 Å². The highest BCUT2D eigenvalue weighted by Crippen LogP contribution is 2.18. The third-order valence-electron chi connectivity index (χ3n) is 1.72. The summed E-state index contributed by atoms with van der Waals surface area (Å²) in [4.78, 5) is 0. The third-order valence-corrected chi connectivity index (χ3v) is 3.28. The molecular weight excluding hydrogens is 164 g/mol. The van der Waals surface area contributed by atoms with Gasteiger partial charge in [0.1, 0.15) is 0 Å². The second-order valence-electron chi connectivity index (χ2n) is 4.67. The van der Waals surface area contributed by atoms with Gasteiger partial charge in [0, 0.05) is 14.7 Å². The molecule has 0 aromatic carbocycles. The van der Waals surface area contributed by atoms with E-state index < -0.39 is 8.07 Å². The van der Waals surface area contributed by atoms with Crippen molar-refractivity contribution in [3.8, 4) is 0 Å². The van der Waals surface area contributed by atoms with E-state index in [-0.39, 0.29) is 0 Å². The summed E-state index contributed by atoms with van der Waals surface area (Å²) in [6.45, 7) is 11.5. The van der Waals surface area contributed by atoms with Crippen LogP contribution in [0.25, 0.3) is 0 Å². The van der Waals surface area contributed by atoms with Crippen LogP contribution in [0.15, 0.2) is 12.2 Å². The summed E-state index contributed by atoms with van der Waals surface area (Å²) in [6.07, 6.45) is 3.12. The Hall–Kier alpha value is -0.0831. The van der Waals surface area contributed by atoms with Crippen molar-refractivity contribution in [2.75, 3.05) is 6.61 Å². The minimum Gasteiger partial charge on any atom is -0.396 e. The van der Waals surface area contributed by atoms with Gasteiger partial charge in [-0.05, 0) is 25.3 Å². The average molecular weight is 186 g/mol. The van der Waals surface area contributed by atoms with Gasteiger partial charge in [0.25, 0.3) is 0 Å². The van der Waals surface area contributed by atoms with Gasteiger partial charge in [0.05, 0.1) is 0 Å². The van der Waals surface area contributed by atoms with Gasteiger partial charge in [-0.1, -0.05) is 25.2 Å². The quantitative estimate of drug-likeness (QED) is 0.384. The monoisotopic (exact) mass is 186 g/mol. The van der Waals surface area contributed by atoms with E-state index in [2.05, 4.69) is 26.2 Å². The van der Waals surface area contributed by atoms with Crippen LogP contribution in [0, 0.1) is 0 Å². The Balaban J connectivity index is 3.47. The maximum atomic E-state index is 8.59. The molecule has 0 saturated heterocycles. The molecule has 0 spiro atoms. The predicted octanol–water partition coefficient (Wildman–Crippen LogP) is 3.04. The Morgan fingerprint density at radius 1 is 1.25 bits per heavy atom. The SMILES string of the molecule is C=C(CCCCO)C[Si](C)(C)C. The molecule has 0 aliphatic carbocycles. The molecule has 0 aromatic rings. The maximum absolute atomic E-state index is 8.59. The van der Waals surface area contributed by atoms with E-state index in [1.807, 2.05) is 0 Å². The molecule has 0 atom stereocenters. The van der Waals surface area contributed by atoms with E-state index >= 15 is 0 Å². The van der Waals surface area contributed by atoms with Crippen LogP contribution in [0.4, 0.5) is 0 Å². The molecular formula is C10H22OSi. The van der Waals surface area contributed by atoms with Crippen LogP contribution in [0.2, 0.25) is 25.7 Å². The molecule has 1 N–H and O–H groups in total. The first kappa shape index (κ1) is 11.9. The van der Waals surface area contributed by atoms with E-state index in [0.29, 0.717) is 6.61 Å². The molecule has 0 unspecified atom stereocenters. The molecule has 0 aromatic heterocycles. The molecule has 0 saturated carbocycles. The standard InChI is InChI=1S/C10H22OSi/c1-10(7-5-6-8-11)9-12(2,3)4/h11H,1,5-9H2,2-4H3. The molecule has 0 aliphatic heterocycles. The first-order valence-electron chi connectivity index (χ1n) is 4.73. The normalized spacial score (nSPS) is 11.7. The molecule has 0 amide bonds. The van der Waals surface area contributed by atoms with Crippen molar-refractivity contribution >= 4 is 8.07 Å². The minimum atomic E-state index is -0.943.